The van der Waals surface area contributed by atoms with Gasteiger partial charge < -0.3 is 4.74 Å². The molecule has 1 aliphatic rings. The molecule has 0 saturated heterocycles. The van der Waals surface area contributed by atoms with E-state index in [9.17, 15) is 13.2 Å². The summed E-state index contributed by atoms with van der Waals surface area (Å²) in [5, 5.41) is 0. The van der Waals surface area contributed by atoms with Crippen LogP contribution in [0.5, 0.6) is 5.75 Å². The quantitative estimate of drug-likeness (QED) is 0.628. The molecule has 1 aliphatic heterocycles. The summed E-state index contributed by atoms with van der Waals surface area (Å²) in [6, 6.07) is 2.82. The monoisotopic (exact) mass is 202 g/mol. The fraction of sp³-hybridized carbons (Fsp3) is 0.400. The lowest BCUT2D eigenvalue weighted by Gasteiger charge is -2.11. The van der Waals surface area contributed by atoms with Crippen molar-refractivity contribution < 1.29 is 17.9 Å². The number of hydrogen-bond acceptors (Lipinski definition) is 1. The van der Waals surface area contributed by atoms with Crippen LogP contribution in [0.2, 0.25) is 0 Å². The minimum absolute atomic E-state index is 0.295. The van der Waals surface area contributed by atoms with Crippen LogP contribution in [0.15, 0.2) is 12.1 Å². The number of benzene rings is 1. The summed E-state index contributed by atoms with van der Waals surface area (Å²) in [6.07, 6.45) is -3.92. The Morgan fingerprint density at radius 1 is 1.29 bits per heavy atom. The Balaban J connectivity index is 2.60. The molecule has 0 aromatic heterocycles. The van der Waals surface area contributed by atoms with Crippen LogP contribution in [0, 0.1) is 6.92 Å². The van der Waals surface area contributed by atoms with E-state index in [0.717, 1.165) is 0 Å². The van der Waals surface area contributed by atoms with E-state index in [1.54, 1.807) is 13.0 Å². The molecule has 1 nitrogen and oxygen atoms in total. The Kier molecular flexibility index (Phi) is 1.94. The van der Waals surface area contributed by atoms with Gasteiger partial charge in [0, 0.05) is 12.0 Å². The molecular weight excluding hydrogens is 193 g/mol. The van der Waals surface area contributed by atoms with Gasteiger partial charge in [0.2, 0.25) is 0 Å². The zero-order valence-corrected chi connectivity index (χ0v) is 7.61. The van der Waals surface area contributed by atoms with Crippen LogP contribution < -0.4 is 4.74 Å². The maximum atomic E-state index is 12.6. The molecular formula is C10H9F3O. The molecule has 0 saturated carbocycles. The molecule has 0 bridgehead atoms. The summed E-state index contributed by atoms with van der Waals surface area (Å²) in [7, 11) is 0. The highest BCUT2D eigenvalue weighted by Crippen LogP contribution is 2.39. The van der Waals surface area contributed by atoms with Gasteiger partial charge in [0.25, 0.3) is 0 Å². The standard InChI is InChI=1S/C10H9F3O/c1-6-4-8(10(11,12)13)7-2-3-14-9(7)5-6/h4-5H,2-3H2,1H3. The van der Waals surface area contributed by atoms with E-state index in [-0.39, 0.29) is 0 Å². The van der Waals surface area contributed by atoms with Gasteiger partial charge in [0.15, 0.2) is 0 Å². The molecule has 0 fully saturated rings. The van der Waals surface area contributed by atoms with Crippen molar-refractivity contribution in [3.63, 3.8) is 0 Å². The third-order valence-corrected chi connectivity index (χ3v) is 2.27. The third kappa shape index (κ3) is 1.45. The lowest BCUT2D eigenvalue weighted by molar-refractivity contribution is -0.138. The van der Waals surface area contributed by atoms with Gasteiger partial charge >= 0.3 is 6.18 Å². The van der Waals surface area contributed by atoms with E-state index >= 15 is 0 Å². The van der Waals surface area contributed by atoms with E-state index in [2.05, 4.69) is 0 Å². The molecule has 0 aliphatic carbocycles. The fourth-order valence-corrected chi connectivity index (χ4v) is 1.69. The highest BCUT2D eigenvalue weighted by atomic mass is 19.4. The highest BCUT2D eigenvalue weighted by molar-refractivity contribution is 5.47. The Morgan fingerprint density at radius 3 is 2.64 bits per heavy atom. The van der Waals surface area contributed by atoms with Gasteiger partial charge in [-0.25, -0.2) is 0 Å². The summed E-state index contributed by atoms with van der Waals surface area (Å²) >= 11 is 0. The molecule has 2 rings (SSSR count). The number of hydrogen-bond donors (Lipinski definition) is 0. The average molecular weight is 202 g/mol. The van der Waals surface area contributed by atoms with Gasteiger partial charge in [-0.05, 0) is 24.6 Å². The van der Waals surface area contributed by atoms with Crippen LogP contribution >= 0.6 is 0 Å². The second-order valence-electron chi connectivity index (χ2n) is 3.39. The Labute approximate surface area is 79.5 Å². The Morgan fingerprint density at radius 2 is 2.00 bits per heavy atom. The summed E-state index contributed by atoms with van der Waals surface area (Å²) in [4.78, 5) is 0. The number of halogens is 3. The fourth-order valence-electron chi connectivity index (χ4n) is 1.69. The summed E-state index contributed by atoms with van der Waals surface area (Å²) in [5.74, 6) is 0.386. The smallest absolute Gasteiger partial charge is 0.416 e. The van der Waals surface area contributed by atoms with E-state index in [4.69, 9.17) is 4.74 Å². The zero-order chi connectivity index (χ0) is 10.3. The van der Waals surface area contributed by atoms with E-state index < -0.39 is 11.7 Å². The van der Waals surface area contributed by atoms with E-state index in [1.807, 2.05) is 0 Å². The van der Waals surface area contributed by atoms with Crippen LogP contribution in [0.4, 0.5) is 13.2 Å². The van der Waals surface area contributed by atoms with Crippen molar-refractivity contribution in [1.82, 2.24) is 0 Å². The molecule has 76 valence electrons. The number of alkyl halides is 3. The van der Waals surface area contributed by atoms with Crippen molar-refractivity contribution in [2.75, 3.05) is 6.61 Å². The topological polar surface area (TPSA) is 9.23 Å². The maximum Gasteiger partial charge on any atom is 0.416 e. The highest BCUT2D eigenvalue weighted by Gasteiger charge is 2.36. The summed E-state index contributed by atoms with van der Waals surface area (Å²) in [5.41, 5.74) is 0.325. The minimum Gasteiger partial charge on any atom is -0.493 e. The van der Waals surface area contributed by atoms with Gasteiger partial charge in [-0.2, -0.15) is 13.2 Å². The molecule has 1 heterocycles. The Hall–Kier alpha value is -1.19. The number of fused-ring (bicyclic) bond motifs is 1. The van der Waals surface area contributed by atoms with Gasteiger partial charge in [0.05, 0.1) is 12.2 Å². The molecule has 1 aromatic carbocycles. The van der Waals surface area contributed by atoms with Crippen molar-refractivity contribution in [3.8, 4) is 5.75 Å². The number of rotatable bonds is 0. The summed E-state index contributed by atoms with van der Waals surface area (Å²) in [6.45, 7) is 1.99. The molecule has 1 aromatic rings. The SMILES string of the molecule is Cc1cc2c(c(C(F)(F)F)c1)CCO2. The van der Waals surface area contributed by atoms with Crippen molar-refractivity contribution in [1.29, 1.82) is 0 Å². The first-order valence-electron chi connectivity index (χ1n) is 4.32. The minimum atomic E-state index is -4.27. The van der Waals surface area contributed by atoms with E-state index in [0.29, 0.717) is 29.9 Å². The van der Waals surface area contributed by atoms with Crippen molar-refractivity contribution in [2.45, 2.75) is 19.5 Å². The lowest BCUT2D eigenvalue weighted by Crippen LogP contribution is -2.08. The van der Waals surface area contributed by atoms with Crippen LogP contribution in [-0.4, -0.2) is 6.61 Å². The van der Waals surface area contributed by atoms with Gasteiger partial charge in [-0.1, -0.05) is 0 Å². The average Bonchev–Trinajstić information content (AvgIpc) is 2.47. The number of ether oxygens (including phenoxy) is 1. The molecule has 14 heavy (non-hydrogen) atoms. The van der Waals surface area contributed by atoms with Crippen molar-refractivity contribution in [2.24, 2.45) is 0 Å². The molecule has 0 spiro atoms. The molecule has 0 N–H and O–H groups in total. The molecule has 0 amide bonds. The molecule has 4 heteroatoms. The first-order chi connectivity index (χ1) is 6.48. The normalized spacial score (nSPS) is 15.1. The second kappa shape index (κ2) is 2.90. The van der Waals surface area contributed by atoms with Gasteiger partial charge in [0.1, 0.15) is 5.75 Å². The molecule has 0 atom stereocenters. The van der Waals surface area contributed by atoms with Crippen LogP contribution in [-0.2, 0) is 12.6 Å². The largest absolute Gasteiger partial charge is 0.493 e. The van der Waals surface area contributed by atoms with Gasteiger partial charge in [-0.15, -0.1) is 0 Å². The third-order valence-electron chi connectivity index (χ3n) is 2.27. The Bertz CT molecular complexity index is 368. The van der Waals surface area contributed by atoms with Crippen LogP contribution in [0.3, 0.4) is 0 Å². The first kappa shape index (κ1) is 9.37. The van der Waals surface area contributed by atoms with Crippen LogP contribution in [0.25, 0.3) is 0 Å². The van der Waals surface area contributed by atoms with Crippen molar-refractivity contribution in [3.05, 3.63) is 28.8 Å². The second-order valence-corrected chi connectivity index (χ2v) is 3.39. The predicted molar refractivity (Wildman–Crippen MR) is 45.4 cm³/mol. The predicted octanol–water partition coefficient (Wildman–Crippen LogP) is 2.95. The summed E-state index contributed by atoms with van der Waals surface area (Å²) < 4.78 is 42.8. The van der Waals surface area contributed by atoms with Gasteiger partial charge in [-0.3, -0.25) is 0 Å². The first-order valence-corrected chi connectivity index (χ1v) is 4.32. The lowest BCUT2D eigenvalue weighted by atomic mass is 10.0. The van der Waals surface area contributed by atoms with E-state index in [1.165, 1.54) is 6.07 Å². The molecule has 0 unspecified atom stereocenters. The zero-order valence-electron chi connectivity index (χ0n) is 7.61. The molecule has 0 radical (unpaired) electrons. The van der Waals surface area contributed by atoms with Crippen LogP contribution in [0.1, 0.15) is 16.7 Å². The van der Waals surface area contributed by atoms with Crippen molar-refractivity contribution >= 4 is 0 Å². The maximum absolute atomic E-state index is 12.6. The number of aryl methyl sites for hydroxylation is 1.